The molecule has 0 radical (unpaired) electrons. The van der Waals surface area contributed by atoms with E-state index < -0.39 is 15.9 Å². The van der Waals surface area contributed by atoms with Crippen molar-refractivity contribution in [3.63, 3.8) is 0 Å². The van der Waals surface area contributed by atoms with Crippen molar-refractivity contribution in [1.82, 2.24) is 10.1 Å². The molecule has 1 unspecified atom stereocenters. The van der Waals surface area contributed by atoms with Crippen LogP contribution in [0.15, 0.2) is 34.9 Å². The summed E-state index contributed by atoms with van der Waals surface area (Å²) in [6.45, 7) is 0. The lowest BCUT2D eigenvalue weighted by atomic mass is 10.1. The van der Waals surface area contributed by atoms with Crippen LogP contribution in [0.1, 0.15) is 23.3 Å². The minimum absolute atomic E-state index is 0.124. The molecule has 0 saturated heterocycles. The zero-order valence-corrected chi connectivity index (χ0v) is 10.6. The van der Waals surface area contributed by atoms with Crippen molar-refractivity contribution in [2.75, 3.05) is 6.26 Å². The molecule has 1 aromatic heterocycles. The van der Waals surface area contributed by atoms with Gasteiger partial charge in [-0.2, -0.15) is 4.98 Å². The third-order valence-corrected chi connectivity index (χ3v) is 3.08. The van der Waals surface area contributed by atoms with E-state index in [1.165, 1.54) is 0 Å². The Kier molecular flexibility index (Phi) is 3.44. The van der Waals surface area contributed by atoms with Crippen molar-refractivity contribution in [2.24, 2.45) is 5.73 Å². The maximum absolute atomic E-state index is 11.1. The lowest BCUT2D eigenvalue weighted by Crippen LogP contribution is -2.12. The number of hydrogen-bond donors (Lipinski definition) is 1. The number of hydrogen-bond acceptors (Lipinski definition) is 6. The minimum Gasteiger partial charge on any atom is -0.337 e. The predicted molar refractivity (Wildman–Crippen MR) is 65.3 cm³/mol. The normalized spacial score (nSPS) is 13.4. The van der Waals surface area contributed by atoms with Crippen molar-refractivity contribution in [3.8, 4) is 0 Å². The highest BCUT2D eigenvalue weighted by atomic mass is 32.2. The highest BCUT2D eigenvalue weighted by molar-refractivity contribution is 7.89. The molecule has 0 bridgehead atoms. The Hall–Kier alpha value is -1.73. The van der Waals surface area contributed by atoms with Gasteiger partial charge in [0.15, 0.2) is 15.7 Å². The van der Waals surface area contributed by atoms with Gasteiger partial charge in [-0.25, -0.2) is 8.42 Å². The van der Waals surface area contributed by atoms with Gasteiger partial charge in [-0.05, 0) is 5.56 Å². The highest BCUT2D eigenvalue weighted by Crippen LogP contribution is 2.17. The van der Waals surface area contributed by atoms with Crippen LogP contribution >= 0.6 is 0 Å². The van der Waals surface area contributed by atoms with Crippen LogP contribution in [0.3, 0.4) is 0 Å². The van der Waals surface area contributed by atoms with Crippen LogP contribution in [-0.4, -0.2) is 24.8 Å². The van der Waals surface area contributed by atoms with Crippen molar-refractivity contribution in [3.05, 3.63) is 47.6 Å². The summed E-state index contributed by atoms with van der Waals surface area (Å²) in [5.74, 6) is 0.0802. The molecular formula is C11H13N3O3S. The van der Waals surface area contributed by atoms with Crippen LogP contribution in [0.4, 0.5) is 0 Å². The van der Waals surface area contributed by atoms with Crippen LogP contribution in [0.5, 0.6) is 0 Å². The van der Waals surface area contributed by atoms with E-state index in [0.717, 1.165) is 11.8 Å². The molecule has 6 nitrogen and oxygen atoms in total. The van der Waals surface area contributed by atoms with Crippen molar-refractivity contribution in [1.29, 1.82) is 0 Å². The van der Waals surface area contributed by atoms with Gasteiger partial charge in [-0.15, -0.1) is 0 Å². The number of rotatable bonds is 4. The van der Waals surface area contributed by atoms with Gasteiger partial charge in [0.25, 0.3) is 0 Å². The van der Waals surface area contributed by atoms with E-state index in [1.807, 2.05) is 30.3 Å². The monoisotopic (exact) mass is 267 g/mol. The van der Waals surface area contributed by atoms with E-state index in [-0.39, 0.29) is 17.5 Å². The molecule has 7 heteroatoms. The molecule has 0 aliphatic rings. The average Bonchev–Trinajstić information content (AvgIpc) is 2.75. The molecule has 0 spiro atoms. The van der Waals surface area contributed by atoms with Crippen molar-refractivity contribution < 1.29 is 12.9 Å². The molecule has 2 rings (SSSR count). The van der Waals surface area contributed by atoms with E-state index in [2.05, 4.69) is 10.1 Å². The summed E-state index contributed by atoms with van der Waals surface area (Å²) < 4.78 is 27.2. The maximum atomic E-state index is 11.1. The second-order valence-corrected chi connectivity index (χ2v) is 6.15. The molecule has 0 saturated carbocycles. The average molecular weight is 267 g/mol. The van der Waals surface area contributed by atoms with Crippen LogP contribution in [0, 0.1) is 0 Å². The van der Waals surface area contributed by atoms with E-state index in [0.29, 0.717) is 0 Å². The van der Waals surface area contributed by atoms with Gasteiger partial charge in [0.1, 0.15) is 11.8 Å². The number of aromatic nitrogens is 2. The van der Waals surface area contributed by atoms with Gasteiger partial charge in [0.2, 0.25) is 5.89 Å². The molecule has 1 aromatic carbocycles. The molecule has 18 heavy (non-hydrogen) atoms. The number of nitrogens with two attached hydrogens (primary N) is 1. The SMILES string of the molecule is CS(=O)(=O)Cc1noc(C(N)c2ccccc2)n1. The summed E-state index contributed by atoms with van der Waals surface area (Å²) in [6, 6.07) is 8.70. The third kappa shape index (κ3) is 3.14. The van der Waals surface area contributed by atoms with E-state index in [1.54, 1.807) is 0 Å². The first-order valence-corrected chi connectivity index (χ1v) is 7.32. The molecule has 96 valence electrons. The molecule has 1 atom stereocenters. The Balaban J connectivity index is 2.20. The lowest BCUT2D eigenvalue weighted by molar-refractivity contribution is 0.363. The molecule has 0 fully saturated rings. The predicted octanol–water partition coefficient (Wildman–Crippen LogP) is 0.662. The van der Waals surface area contributed by atoms with Crippen LogP contribution in [0.25, 0.3) is 0 Å². The number of sulfone groups is 1. The lowest BCUT2D eigenvalue weighted by Gasteiger charge is -2.05. The topological polar surface area (TPSA) is 99.1 Å². The van der Waals surface area contributed by atoms with E-state index in [9.17, 15) is 8.42 Å². The molecule has 0 aliphatic heterocycles. The Labute approximate surface area is 105 Å². The van der Waals surface area contributed by atoms with Crippen LogP contribution in [-0.2, 0) is 15.6 Å². The second kappa shape index (κ2) is 4.87. The first-order chi connectivity index (χ1) is 8.46. The summed E-state index contributed by atoms with van der Waals surface area (Å²) in [6.07, 6.45) is 1.11. The molecule has 2 aromatic rings. The summed E-state index contributed by atoms with van der Waals surface area (Å²) >= 11 is 0. The van der Waals surface area contributed by atoms with E-state index >= 15 is 0 Å². The summed E-state index contributed by atoms with van der Waals surface area (Å²) in [5, 5.41) is 3.60. The molecule has 2 N–H and O–H groups in total. The Morgan fingerprint density at radius 2 is 2.00 bits per heavy atom. The fourth-order valence-electron chi connectivity index (χ4n) is 1.49. The van der Waals surface area contributed by atoms with Gasteiger partial charge in [0, 0.05) is 6.26 Å². The summed E-state index contributed by atoms with van der Waals surface area (Å²) in [5.41, 5.74) is 6.77. The van der Waals surface area contributed by atoms with Gasteiger partial charge in [-0.3, -0.25) is 0 Å². The highest BCUT2D eigenvalue weighted by Gasteiger charge is 2.18. The van der Waals surface area contributed by atoms with Gasteiger partial charge >= 0.3 is 0 Å². The zero-order valence-electron chi connectivity index (χ0n) is 9.78. The van der Waals surface area contributed by atoms with Crippen molar-refractivity contribution >= 4 is 9.84 Å². The van der Waals surface area contributed by atoms with Crippen LogP contribution in [0.2, 0.25) is 0 Å². The third-order valence-electron chi connectivity index (χ3n) is 2.30. The fourth-order valence-corrected chi connectivity index (χ4v) is 2.08. The van der Waals surface area contributed by atoms with Gasteiger partial charge < -0.3 is 10.3 Å². The fraction of sp³-hybridized carbons (Fsp3) is 0.273. The number of nitrogens with zero attached hydrogens (tertiary/aromatic N) is 2. The largest absolute Gasteiger partial charge is 0.337 e. The standard InChI is InChI=1S/C11H13N3O3S/c1-18(15,16)7-9-13-11(17-14-9)10(12)8-5-3-2-4-6-8/h2-6,10H,7,12H2,1H3. The second-order valence-electron chi connectivity index (χ2n) is 4.01. The first kappa shape index (κ1) is 12.7. The summed E-state index contributed by atoms with van der Waals surface area (Å²) in [4.78, 5) is 3.99. The Bertz CT molecular complexity index is 622. The van der Waals surface area contributed by atoms with Gasteiger partial charge in [-0.1, -0.05) is 35.5 Å². The molecular weight excluding hydrogens is 254 g/mol. The Morgan fingerprint density at radius 3 is 2.61 bits per heavy atom. The van der Waals surface area contributed by atoms with E-state index in [4.69, 9.17) is 10.3 Å². The summed E-state index contributed by atoms with van der Waals surface area (Å²) in [7, 11) is -3.18. The first-order valence-electron chi connectivity index (χ1n) is 5.26. The molecule has 0 amide bonds. The quantitative estimate of drug-likeness (QED) is 0.873. The minimum atomic E-state index is -3.18. The van der Waals surface area contributed by atoms with Gasteiger partial charge in [0.05, 0.1) is 0 Å². The maximum Gasteiger partial charge on any atom is 0.248 e. The molecule has 1 heterocycles. The zero-order chi connectivity index (χ0) is 13.2. The Morgan fingerprint density at radius 1 is 1.33 bits per heavy atom. The van der Waals surface area contributed by atoms with Crippen molar-refractivity contribution in [2.45, 2.75) is 11.8 Å². The smallest absolute Gasteiger partial charge is 0.248 e. The van der Waals surface area contributed by atoms with Crippen LogP contribution < -0.4 is 5.73 Å². The number of benzene rings is 1. The molecule has 0 aliphatic carbocycles.